The number of benzene rings is 2. The molecule has 2 atom stereocenters. The van der Waals surface area contributed by atoms with E-state index in [1.54, 1.807) is 9.80 Å². The van der Waals surface area contributed by atoms with Crippen molar-refractivity contribution in [1.82, 2.24) is 24.5 Å². The van der Waals surface area contributed by atoms with Gasteiger partial charge in [0.2, 0.25) is 5.91 Å². The smallest absolute Gasteiger partial charge is 0.418 e. The van der Waals surface area contributed by atoms with E-state index in [1.807, 2.05) is 29.2 Å². The lowest BCUT2D eigenvalue weighted by Gasteiger charge is -2.44. The van der Waals surface area contributed by atoms with E-state index in [1.165, 1.54) is 11.0 Å². The van der Waals surface area contributed by atoms with Gasteiger partial charge in [0.25, 0.3) is 5.91 Å². The Balaban J connectivity index is 0.974. The number of hydrogen-bond donors (Lipinski definition) is 2. The number of hydrogen-bond acceptors (Lipinski definition) is 9. The summed E-state index contributed by atoms with van der Waals surface area (Å²) in [4.78, 5) is 75.6. The summed E-state index contributed by atoms with van der Waals surface area (Å²) in [5.74, 6) is -0.690. The van der Waals surface area contributed by atoms with E-state index in [4.69, 9.17) is 26.8 Å². The van der Waals surface area contributed by atoms with E-state index in [0.29, 0.717) is 71.0 Å². The van der Waals surface area contributed by atoms with E-state index < -0.39 is 41.6 Å². The summed E-state index contributed by atoms with van der Waals surface area (Å²) in [6.45, 7) is 3.79. The molecule has 4 fully saturated rings. The minimum absolute atomic E-state index is 0.0177. The van der Waals surface area contributed by atoms with Crippen LogP contribution in [0.2, 0.25) is 5.02 Å². The van der Waals surface area contributed by atoms with E-state index >= 15 is 0 Å². The molecule has 0 aliphatic carbocycles. The third-order valence-electron chi connectivity index (χ3n) is 13.0. The van der Waals surface area contributed by atoms with Crippen LogP contribution in [0.4, 0.5) is 34.1 Å². The maximum absolute atomic E-state index is 14.3. The number of nitrogens with zero attached hydrogens (tertiary/aromatic N) is 5. The SMILES string of the molecule is Nc1c(Cl)cc(C[C@@H](OC(=O)N2CCC(N3CCc4ccccc4NC3=O)CC2)C(=O)N2CCC(N3CCCC[C@H]3C(=O)OCCCN3CCCCC3=O)CC2)cc1C(F)(F)F. The average molecular weight is 888 g/mol. The van der Waals surface area contributed by atoms with Gasteiger partial charge in [0, 0.05) is 76.4 Å². The van der Waals surface area contributed by atoms with Crippen molar-refractivity contribution in [1.29, 1.82) is 0 Å². The first-order valence-corrected chi connectivity index (χ1v) is 22.4. The number of nitrogen functional groups attached to an aromatic ring is 1. The second-order valence-electron chi connectivity index (χ2n) is 17.0. The monoisotopic (exact) mass is 887 g/mol. The molecule has 5 heterocycles. The van der Waals surface area contributed by atoms with Crippen molar-refractivity contribution in [3.8, 4) is 0 Å². The number of rotatable bonds is 11. The molecule has 0 saturated carbocycles. The zero-order valence-electron chi connectivity index (χ0n) is 35.0. The highest BCUT2D eigenvalue weighted by Gasteiger charge is 2.40. The van der Waals surface area contributed by atoms with Crippen molar-refractivity contribution >= 4 is 52.9 Å². The van der Waals surface area contributed by atoms with Crippen LogP contribution >= 0.6 is 11.6 Å². The number of carbonyl (C=O) groups excluding carboxylic acids is 5. The predicted molar refractivity (Wildman–Crippen MR) is 225 cm³/mol. The van der Waals surface area contributed by atoms with Crippen LogP contribution in [0.25, 0.3) is 0 Å². The van der Waals surface area contributed by atoms with Crippen LogP contribution in [0.1, 0.15) is 87.3 Å². The first kappa shape index (κ1) is 45.3. The van der Waals surface area contributed by atoms with Crippen LogP contribution < -0.4 is 11.1 Å². The summed E-state index contributed by atoms with van der Waals surface area (Å²) in [5, 5.41) is 2.65. The molecule has 2 aromatic rings. The lowest BCUT2D eigenvalue weighted by atomic mass is 9.94. The number of carbonyl (C=O) groups is 5. The van der Waals surface area contributed by atoms with Crippen LogP contribution in [0.5, 0.6) is 0 Å². The van der Waals surface area contributed by atoms with Crippen LogP contribution in [0.15, 0.2) is 36.4 Å². The van der Waals surface area contributed by atoms with Gasteiger partial charge in [0.05, 0.1) is 22.9 Å². The van der Waals surface area contributed by atoms with Gasteiger partial charge in [-0.3, -0.25) is 19.3 Å². The van der Waals surface area contributed by atoms with Crippen LogP contribution in [0.3, 0.4) is 0 Å². The molecular formula is C44H57ClF3N7O7. The number of ether oxygens (including phenoxy) is 2. The largest absolute Gasteiger partial charge is 0.464 e. The van der Waals surface area contributed by atoms with Crippen molar-refractivity contribution < 1.29 is 46.6 Å². The Morgan fingerprint density at radius 3 is 2.31 bits per heavy atom. The molecule has 0 spiro atoms. The summed E-state index contributed by atoms with van der Waals surface area (Å²) in [6.07, 6.45) is 0.727. The second-order valence-corrected chi connectivity index (χ2v) is 17.4. The molecule has 0 aromatic heterocycles. The molecule has 0 bridgehead atoms. The number of para-hydroxylation sites is 1. The Kier molecular flexibility index (Phi) is 14.7. The Hall–Kier alpha value is -4.77. The highest BCUT2D eigenvalue weighted by atomic mass is 35.5. The van der Waals surface area contributed by atoms with Crippen molar-refractivity contribution in [3.63, 3.8) is 0 Å². The maximum atomic E-state index is 14.3. The number of fused-ring (bicyclic) bond motifs is 1. The zero-order chi connectivity index (χ0) is 44.0. The van der Waals surface area contributed by atoms with Crippen molar-refractivity contribution in [2.24, 2.45) is 0 Å². The van der Waals surface area contributed by atoms with Gasteiger partial charge in [-0.15, -0.1) is 0 Å². The number of esters is 1. The minimum atomic E-state index is -4.81. The Bertz CT molecular complexity index is 1960. The molecule has 62 heavy (non-hydrogen) atoms. The Morgan fingerprint density at radius 1 is 0.855 bits per heavy atom. The van der Waals surface area contributed by atoms with Gasteiger partial charge >= 0.3 is 24.3 Å². The molecule has 5 aliphatic heterocycles. The number of likely N-dealkylation sites (tertiary alicyclic amines) is 4. The summed E-state index contributed by atoms with van der Waals surface area (Å²) in [7, 11) is 0. The molecular weight excluding hydrogens is 831 g/mol. The third-order valence-corrected chi connectivity index (χ3v) is 13.4. The molecule has 18 heteroatoms. The highest BCUT2D eigenvalue weighted by Crippen LogP contribution is 2.38. The van der Waals surface area contributed by atoms with Gasteiger partial charge < -0.3 is 40.1 Å². The van der Waals surface area contributed by atoms with E-state index in [2.05, 4.69) is 10.2 Å². The molecule has 4 saturated heterocycles. The average Bonchev–Trinajstić information content (AvgIpc) is 3.44. The molecule has 0 radical (unpaired) electrons. The summed E-state index contributed by atoms with van der Waals surface area (Å²) >= 11 is 6.16. The van der Waals surface area contributed by atoms with Crippen molar-refractivity contribution in [2.75, 3.05) is 70.0 Å². The topological polar surface area (TPSA) is 158 Å². The first-order chi connectivity index (χ1) is 29.8. The number of anilines is 2. The summed E-state index contributed by atoms with van der Waals surface area (Å²) < 4.78 is 53.6. The number of amides is 5. The number of alkyl halides is 3. The maximum Gasteiger partial charge on any atom is 0.418 e. The van der Waals surface area contributed by atoms with Gasteiger partial charge in [-0.2, -0.15) is 13.2 Å². The van der Waals surface area contributed by atoms with Gasteiger partial charge in [-0.1, -0.05) is 36.2 Å². The van der Waals surface area contributed by atoms with Crippen molar-refractivity contribution in [3.05, 3.63) is 58.1 Å². The molecule has 7 rings (SSSR count). The van der Waals surface area contributed by atoms with Crippen LogP contribution in [0, 0.1) is 0 Å². The van der Waals surface area contributed by atoms with E-state index in [9.17, 15) is 37.1 Å². The molecule has 14 nitrogen and oxygen atoms in total. The fourth-order valence-electron chi connectivity index (χ4n) is 9.60. The number of nitrogens with two attached hydrogens (primary N) is 1. The Morgan fingerprint density at radius 2 is 1.56 bits per heavy atom. The number of halogens is 4. The fraction of sp³-hybridized carbons (Fsp3) is 0.614. The minimum Gasteiger partial charge on any atom is -0.464 e. The molecule has 0 unspecified atom stereocenters. The van der Waals surface area contributed by atoms with Gasteiger partial charge in [-0.05, 0) is 100 Å². The van der Waals surface area contributed by atoms with Gasteiger partial charge in [0.1, 0.15) is 6.04 Å². The predicted octanol–water partition coefficient (Wildman–Crippen LogP) is 6.33. The normalized spacial score (nSPS) is 21.5. The van der Waals surface area contributed by atoms with Crippen LogP contribution in [-0.2, 0) is 42.9 Å². The summed E-state index contributed by atoms with van der Waals surface area (Å²) in [5.41, 5.74) is 5.76. The number of urea groups is 1. The van der Waals surface area contributed by atoms with Gasteiger partial charge in [0.15, 0.2) is 6.10 Å². The van der Waals surface area contributed by atoms with Gasteiger partial charge in [-0.25, -0.2) is 9.59 Å². The second kappa shape index (κ2) is 20.2. The first-order valence-electron chi connectivity index (χ1n) is 22.0. The number of nitrogens with one attached hydrogen (secondary N) is 1. The molecule has 338 valence electrons. The molecule has 3 N–H and O–H groups in total. The van der Waals surface area contributed by atoms with E-state index in [-0.39, 0.29) is 79.8 Å². The standard InChI is InChI=1S/C44H57ClF3N7O7/c45-34-27-29(26-33(39(34)49)44(46,47)48)28-37(62-43(60)53-22-15-32(16-23-53)55-24-12-30-8-1-2-9-35(30)50-42(55)59)40(57)52-20-13-31(14-21-52)54-19-6-3-10-36(54)41(58)61-25-7-18-51-17-5-4-11-38(51)56/h1-2,8-9,26-27,31-32,36-37H,3-7,10-25,28,49H2,(H,50,59)/t36-,37+/m0/s1. The highest BCUT2D eigenvalue weighted by molar-refractivity contribution is 6.33. The molecule has 5 amide bonds. The quantitative estimate of drug-likeness (QED) is 0.149. The Labute approximate surface area is 365 Å². The third kappa shape index (κ3) is 10.9. The molecule has 2 aromatic carbocycles. The summed E-state index contributed by atoms with van der Waals surface area (Å²) in [6, 6.07) is 8.95. The van der Waals surface area contributed by atoms with E-state index in [0.717, 1.165) is 49.5 Å². The zero-order valence-corrected chi connectivity index (χ0v) is 35.8. The lowest BCUT2D eigenvalue weighted by Crippen LogP contribution is -2.56. The number of piperidine rings is 4. The van der Waals surface area contributed by atoms with Crippen molar-refractivity contribution in [2.45, 2.75) is 114 Å². The lowest BCUT2D eigenvalue weighted by molar-refractivity contribution is -0.154. The fourth-order valence-corrected chi connectivity index (χ4v) is 9.84. The molecule has 5 aliphatic rings. The van der Waals surface area contributed by atoms with Crippen LogP contribution in [-0.4, -0.2) is 138 Å².